The molecule has 3 heterocycles. The van der Waals surface area contributed by atoms with E-state index in [9.17, 15) is 4.79 Å². The molecule has 0 amide bonds. The standard InChI is InChI=1S/C17H19N5O2S/c1-24-12-4-2-5-13-16(12)18-17(25-13)22-9-3-8-21(10-11-22)14-6-7-15(23)20-19-14/h2,4-7H,3,8-11H2,1H3,(H,20,23). The predicted molar refractivity (Wildman–Crippen MR) is 100 cm³/mol. The molecule has 3 aromatic rings. The predicted octanol–water partition coefficient (Wildman–Crippen LogP) is 2.10. The van der Waals surface area contributed by atoms with Crippen LogP contribution < -0.4 is 20.1 Å². The average Bonchev–Trinajstić information content (AvgIpc) is 2.92. The summed E-state index contributed by atoms with van der Waals surface area (Å²) in [6, 6.07) is 9.31. The third-order valence-corrected chi connectivity index (χ3v) is 5.43. The van der Waals surface area contributed by atoms with Gasteiger partial charge in [-0.1, -0.05) is 17.4 Å². The highest BCUT2D eigenvalue weighted by Crippen LogP contribution is 2.34. The smallest absolute Gasteiger partial charge is 0.264 e. The van der Waals surface area contributed by atoms with Gasteiger partial charge in [0, 0.05) is 32.2 Å². The molecule has 0 atom stereocenters. The normalized spacial score (nSPS) is 15.4. The van der Waals surface area contributed by atoms with Crippen molar-refractivity contribution in [2.24, 2.45) is 0 Å². The zero-order valence-electron chi connectivity index (χ0n) is 13.9. The lowest BCUT2D eigenvalue weighted by atomic mass is 10.3. The topological polar surface area (TPSA) is 74.3 Å². The van der Waals surface area contributed by atoms with Crippen molar-refractivity contribution in [2.45, 2.75) is 6.42 Å². The van der Waals surface area contributed by atoms with Gasteiger partial charge in [0.1, 0.15) is 17.1 Å². The van der Waals surface area contributed by atoms with Crippen molar-refractivity contribution in [3.63, 3.8) is 0 Å². The summed E-state index contributed by atoms with van der Waals surface area (Å²) in [4.78, 5) is 20.5. The van der Waals surface area contributed by atoms with Crippen LogP contribution in [0.4, 0.5) is 10.9 Å². The van der Waals surface area contributed by atoms with Crippen molar-refractivity contribution in [1.82, 2.24) is 15.2 Å². The second-order valence-corrected chi connectivity index (χ2v) is 6.92. The maximum atomic E-state index is 11.2. The Morgan fingerprint density at radius 2 is 1.96 bits per heavy atom. The second-order valence-electron chi connectivity index (χ2n) is 5.91. The molecule has 0 saturated carbocycles. The number of aromatic amines is 1. The van der Waals surface area contributed by atoms with E-state index in [1.807, 2.05) is 12.1 Å². The molecule has 1 aliphatic heterocycles. The number of anilines is 2. The highest BCUT2D eigenvalue weighted by molar-refractivity contribution is 7.22. The van der Waals surface area contributed by atoms with Crippen LogP contribution in [0, 0.1) is 0 Å². The zero-order valence-corrected chi connectivity index (χ0v) is 14.8. The molecule has 0 bridgehead atoms. The Morgan fingerprint density at radius 1 is 1.12 bits per heavy atom. The fraction of sp³-hybridized carbons (Fsp3) is 0.353. The van der Waals surface area contributed by atoms with Gasteiger partial charge in [0.2, 0.25) is 0 Å². The molecule has 0 aliphatic carbocycles. The van der Waals surface area contributed by atoms with Crippen LogP contribution in [0.1, 0.15) is 6.42 Å². The first kappa shape index (κ1) is 15.9. The third-order valence-electron chi connectivity index (χ3n) is 4.35. The number of aromatic nitrogens is 3. The minimum Gasteiger partial charge on any atom is -0.494 e. The summed E-state index contributed by atoms with van der Waals surface area (Å²) in [5, 5.41) is 7.67. The number of hydrogen-bond donors (Lipinski definition) is 1. The fourth-order valence-electron chi connectivity index (χ4n) is 3.06. The average molecular weight is 357 g/mol. The number of nitrogens with one attached hydrogen (secondary N) is 1. The number of methoxy groups -OCH3 is 1. The van der Waals surface area contributed by atoms with Crippen LogP contribution in [0.5, 0.6) is 5.75 Å². The number of fused-ring (bicyclic) bond motifs is 1. The Balaban J connectivity index is 1.54. The lowest BCUT2D eigenvalue weighted by Gasteiger charge is -2.21. The lowest BCUT2D eigenvalue weighted by Crippen LogP contribution is -2.31. The molecule has 1 N–H and O–H groups in total. The highest BCUT2D eigenvalue weighted by Gasteiger charge is 2.19. The van der Waals surface area contributed by atoms with E-state index >= 15 is 0 Å². The molecule has 4 rings (SSSR count). The van der Waals surface area contributed by atoms with Crippen LogP contribution in [0.25, 0.3) is 10.2 Å². The Kier molecular flexibility index (Phi) is 4.27. The Labute approximate surface area is 148 Å². The minimum absolute atomic E-state index is 0.177. The molecule has 1 aromatic carbocycles. The highest BCUT2D eigenvalue weighted by atomic mass is 32.1. The summed E-state index contributed by atoms with van der Waals surface area (Å²) in [5.74, 6) is 1.63. The molecule has 8 heteroatoms. The number of para-hydroxylation sites is 1. The Bertz CT molecular complexity index is 918. The van der Waals surface area contributed by atoms with E-state index in [-0.39, 0.29) is 5.56 Å². The third kappa shape index (κ3) is 3.17. The van der Waals surface area contributed by atoms with Gasteiger partial charge in [-0.25, -0.2) is 10.1 Å². The number of hydrogen-bond acceptors (Lipinski definition) is 7. The number of nitrogens with zero attached hydrogens (tertiary/aromatic N) is 4. The van der Waals surface area contributed by atoms with Gasteiger partial charge in [0.05, 0.1) is 11.8 Å². The number of benzene rings is 1. The molecule has 130 valence electrons. The summed E-state index contributed by atoms with van der Waals surface area (Å²) in [6.07, 6.45) is 1.01. The summed E-state index contributed by atoms with van der Waals surface area (Å²) < 4.78 is 6.55. The van der Waals surface area contributed by atoms with E-state index in [1.165, 1.54) is 6.07 Å². The molecule has 1 saturated heterocycles. The van der Waals surface area contributed by atoms with Gasteiger partial charge in [-0.15, -0.1) is 0 Å². The van der Waals surface area contributed by atoms with E-state index < -0.39 is 0 Å². The number of rotatable bonds is 3. The molecule has 2 aromatic heterocycles. The minimum atomic E-state index is -0.177. The van der Waals surface area contributed by atoms with Gasteiger partial charge >= 0.3 is 0 Å². The summed E-state index contributed by atoms with van der Waals surface area (Å²) in [5.41, 5.74) is 0.747. The van der Waals surface area contributed by atoms with E-state index in [1.54, 1.807) is 24.5 Å². The van der Waals surface area contributed by atoms with Crippen molar-refractivity contribution in [2.75, 3.05) is 43.1 Å². The van der Waals surface area contributed by atoms with Gasteiger partial charge in [0.25, 0.3) is 5.56 Å². The van der Waals surface area contributed by atoms with Crippen LogP contribution in [-0.4, -0.2) is 48.5 Å². The van der Waals surface area contributed by atoms with Gasteiger partial charge in [0.15, 0.2) is 5.13 Å². The molecule has 1 fully saturated rings. The largest absolute Gasteiger partial charge is 0.494 e. The Hall–Kier alpha value is -2.61. The first-order valence-corrected chi connectivity index (χ1v) is 9.05. The molecule has 0 spiro atoms. The first-order valence-electron chi connectivity index (χ1n) is 8.24. The number of H-pyrrole nitrogens is 1. The molecule has 25 heavy (non-hydrogen) atoms. The van der Waals surface area contributed by atoms with Gasteiger partial charge < -0.3 is 14.5 Å². The van der Waals surface area contributed by atoms with Crippen molar-refractivity contribution < 1.29 is 4.74 Å². The van der Waals surface area contributed by atoms with Gasteiger partial charge in [-0.3, -0.25) is 4.79 Å². The van der Waals surface area contributed by atoms with Crippen LogP contribution in [-0.2, 0) is 0 Å². The Morgan fingerprint density at radius 3 is 2.76 bits per heavy atom. The van der Waals surface area contributed by atoms with Crippen molar-refractivity contribution in [1.29, 1.82) is 0 Å². The van der Waals surface area contributed by atoms with Crippen molar-refractivity contribution in [3.8, 4) is 5.75 Å². The molecule has 1 aliphatic rings. The molecular weight excluding hydrogens is 338 g/mol. The van der Waals surface area contributed by atoms with E-state index in [0.717, 1.165) is 59.5 Å². The van der Waals surface area contributed by atoms with Crippen LogP contribution in [0.15, 0.2) is 35.1 Å². The van der Waals surface area contributed by atoms with Crippen LogP contribution >= 0.6 is 11.3 Å². The zero-order chi connectivity index (χ0) is 17.2. The number of thiazole rings is 1. The van der Waals surface area contributed by atoms with Gasteiger partial charge in [-0.2, -0.15) is 5.10 Å². The molecule has 0 unspecified atom stereocenters. The summed E-state index contributed by atoms with van der Waals surface area (Å²) >= 11 is 1.69. The quantitative estimate of drug-likeness (QED) is 0.774. The second kappa shape index (κ2) is 6.72. The van der Waals surface area contributed by atoms with Gasteiger partial charge in [-0.05, 0) is 24.6 Å². The fourth-order valence-corrected chi connectivity index (χ4v) is 4.10. The van der Waals surface area contributed by atoms with Crippen LogP contribution in [0.3, 0.4) is 0 Å². The molecule has 7 nitrogen and oxygen atoms in total. The SMILES string of the molecule is COc1cccc2sc(N3CCCN(c4ccc(=O)[nH]n4)CC3)nc12. The molecular formula is C17H19N5O2S. The monoisotopic (exact) mass is 357 g/mol. The molecule has 0 radical (unpaired) electrons. The lowest BCUT2D eigenvalue weighted by molar-refractivity contribution is 0.419. The maximum Gasteiger partial charge on any atom is 0.264 e. The number of ether oxygens (including phenoxy) is 1. The summed E-state index contributed by atoms with van der Waals surface area (Å²) in [6.45, 7) is 3.56. The van der Waals surface area contributed by atoms with E-state index in [2.05, 4.69) is 26.1 Å². The summed E-state index contributed by atoms with van der Waals surface area (Å²) in [7, 11) is 1.68. The van der Waals surface area contributed by atoms with E-state index in [0.29, 0.717) is 0 Å². The van der Waals surface area contributed by atoms with Crippen LogP contribution in [0.2, 0.25) is 0 Å². The first-order chi connectivity index (χ1) is 12.2. The van der Waals surface area contributed by atoms with Crippen molar-refractivity contribution >= 4 is 32.5 Å². The van der Waals surface area contributed by atoms with E-state index in [4.69, 9.17) is 9.72 Å². The maximum absolute atomic E-state index is 11.2. The van der Waals surface area contributed by atoms with Crippen molar-refractivity contribution in [3.05, 3.63) is 40.7 Å².